The lowest BCUT2D eigenvalue weighted by atomic mass is 10.2. The molecule has 0 aliphatic rings. The highest BCUT2D eigenvalue weighted by Crippen LogP contribution is 2.27. The molecular formula is C22H24BrN3O3S. The molecule has 3 rings (SSSR count). The Morgan fingerprint density at radius 2 is 1.87 bits per heavy atom. The highest BCUT2D eigenvalue weighted by Gasteiger charge is 2.21. The van der Waals surface area contributed by atoms with Crippen LogP contribution in [-0.2, 0) is 0 Å². The molecule has 0 unspecified atom stereocenters. The molecule has 1 aromatic carbocycles. The molecule has 0 radical (unpaired) electrons. The fraction of sp³-hybridized carbons (Fsp3) is 0.273. The van der Waals surface area contributed by atoms with Crippen LogP contribution in [0.4, 0.5) is 10.7 Å². The Labute approximate surface area is 188 Å². The van der Waals surface area contributed by atoms with Crippen molar-refractivity contribution in [2.24, 2.45) is 0 Å². The number of hydrogen-bond acceptors (Lipinski definition) is 5. The highest BCUT2D eigenvalue weighted by molar-refractivity contribution is 9.10. The van der Waals surface area contributed by atoms with E-state index >= 15 is 0 Å². The number of furan rings is 1. The third-order valence-corrected chi connectivity index (χ3v) is 6.18. The van der Waals surface area contributed by atoms with E-state index in [1.807, 2.05) is 24.3 Å². The number of anilines is 2. The first-order valence-corrected chi connectivity index (χ1v) is 11.4. The van der Waals surface area contributed by atoms with Crippen molar-refractivity contribution in [3.05, 3.63) is 69.9 Å². The lowest BCUT2D eigenvalue weighted by Crippen LogP contribution is -2.38. The van der Waals surface area contributed by atoms with Gasteiger partial charge in [-0.15, -0.1) is 11.3 Å². The summed E-state index contributed by atoms with van der Waals surface area (Å²) in [4.78, 5) is 30.2. The van der Waals surface area contributed by atoms with E-state index in [2.05, 4.69) is 40.0 Å². The van der Waals surface area contributed by atoms with Crippen LogP contribution in [0.1, 0.15) is 34.1 Å². The zero-order chi connectivity index (χ0) is 21.5. The molecule has 1 N–H and O–H groups in total. The Balaban J connectivity index is 1.78. The van der Waals surface area contributed by atoms with Gasteiger partial charge in [0.1, 0.15) is 0 Å². The molecule has 0 fully saturated rings. The molecule has 0 spiro atoms. The van der Waals surface area contributed by atoms with E-state index in [1.54, 1.807) is 29.2 Å². The van der Waals surface area contributed by atoms with Gasteiger partial charge in [-0.1, -0.05) is 35.8 Å². The van der Waals surface area contributed by atoms with Crippen molar-refractivity contribution >= 4 is 49.8 Å². The average Bonchev–Trinajstić information content (AvgIpc) is 3.43. The molecule has 158 valence electrons. The van der Waals surface area contributed by atoms with Crippen molar-refractivity contribution in [3.8, 4) is 0 Å². The Morgan fingerprint density at radius 3 is 2.53 bits per heavy atom. The zero-order valence-electron chi connectivity index (χ0n) is 16.9. The van der Waals surface area contributed by atoms with Crippen LogP contribution in [0.15, 0.2) is 63.7 Å². The van der Waals surface area contributed by atoms with E-state index in [-0.39, 0.29) is 17.6 Å². The topological polar surface area (TPSA) is 65.8 Å². The minimum Gasteiger partial charge on any atom is -0.459 e. The van der Waals surface area contributed by atoms with Gasteiger partial charge in [-0.25, -0.2) is 0 Å². The van der Waals surface area contributed by atoms with E-state index < -0.39 is 0 Å². The van der Waals surface area contributed by atoms with Crippen LogP contribution in [0.2, 0.25) is 0 Å². The van der Waals surface area contributed by atoms with E-state index in [4.69, 9.17) is 4.42 Å². The summed E-state index contributed by atoms with van der Waals surface area (Å²) in [5.74, 6) is -0.207. The van der Waals surface area contributed by atoms with Crippen LogP contribution >= 0.6 is 27.3 Å². The quantitative estimate of drug-likeness (QED) is 0.440. The van der Waals surface area contributed by atoms with Gasteiger partial charge >= 0.3 is 0 Å². The average molecular weight is 490 g/mol. The number of carbonyl (C=O) groups is 2. The summed E-state index contributed by atoms with van der Waals surface area (Å²) in [6.07, 6.45) is 1.45. The number of rotatable bonds is 9. The van der Waals surface area contributed by atoms with E-state index in [1.165, 1.54) is 17.6 Å². The van der Waals surface area contributed by atoms with Gasteiger partial charge in [0.15, 0.2) is 5.76 Å². The van der Waals surface area contributed by atoms with Gasteiger partial charge in [-0.3, -0.25) is 9.59 Å². The Kier molecular flexibility index (Phi) is 7.84. The van der Waals surface area contributed by atoms with Gasteiger partial charge in [0.25, 0.3) is 11.8 Å². The number of carbonyl (C=O) groups excluding carboxylic acids is 2. The first kappa shape index (κ1) is 22.3. The molecule has 2 aromatic heterocycles. The van der Waals surface area contributed by atoms with Crippen LogP contribution in [0.5, 0.6) is 0 Å². The molecule has 2 heterocycles. The summed E-state index contributed by atoms with van der Waals surface area (Å²) in [6.45, 7) is 7.43. The molecular weight excluding hydrogens is 466 g/mol. The molecule has 0 aliphatic heterocycles. The summed E-state index contributed by atoms with van der Waals surface area (Å²) >= 11 is 4.74. The second-order valence-electron chi connectivity index (χ2n) is 6.56. The Bertz CT molecular complexity index is 983. The third kappa shape index (κ3) is 5.59. The van der Waals surface area contributed by atoms with Crippen LogP contribution in [0.25, 0.3) is 0 Å². The Morgan fingerprint density at radius 1 is 1.07 bits per heavy atom. The zero-order valence-corrected chi connectivity index (χ0v) is 19.3. The lowest BCUT2D eigenvalue weighted by molar-refractivity contribution is 0.0983. The summed E-state index contributed by atoms with van der Waals surface area (Å²) in [5.41, 5.74) is 0.830. The van der Waals surface area contributed by atoms with Gasteiger partial charge < -0.3 is 19.5 Å². The van der Waals surface area contributed by atoms with Crippen molar-refractivity contribution in [3.63, 3.8) is 0 Å². The monoisotopic (exact) mass is 489 g/mol. The molecule has 3 aromatic rings. The molecule has 0 saturated carbocycles. The lowest BCUT2D eigenvalue weighted by Gasteiger charge is -2.26. The van der Waals surface area contributed by atoms with Gasteiger partial charge in [-0.2, -0.15) is 0 Å². The molecule has 0 saturated heterocycles. The minimum atomic E-state index is -0.341. The van der Waals surface area contributed by atoms with Crippen molar-refractivity contribution in [2.45, 2.75) is 13.8 Å². The maximum atomic E-state index is 13.3. The Hall–Kier alpha value is -2.42. The summed E-state index contributed by atoms with van der Waals surface area (Å²) in [5, 5.41) is 3.37. The van der Waals surface area contributed by atoms with E-state index in [0.717, 1.165) is 29.8 Å². The fourth-order valence-corrected chi connectivity index (χ4v) is 4.24. The molecule has 8 heteroatoms. The number of thiophene rings is 1. The van der Waals surface area contributed by atoms with Crippen molar-refractivity contribution < 1.29 is 14.0 Å². The van der Waals surface area contributed by atoms with Gasteiger partial charge in [0.2, 0.25) is 0 Å². The molecule has 0 atom stereocenters. The normalized spacial score (nSPS) is 10.9. The maximum Gasteiger partial charge on any atom is 0.291 e. The number of nitrogens with one attached hydrogen (secondary N) is 1. The number of likely N-dealkylation sites (N-methyl/N-ethyl adjacent to an activating group) is 1. The number of benzene rings is 1. The van der Waals surface area contributed by atoms with Crippen LogP contribution in [-0.4, -0.2) is 42.9 Å². The standard InChI is InChI=1S/C22H24BrN3O3S/c1-3-25(4-2)12-13-26(17-8-5-7-16(23)15-17)22(28)19-10-11-20(30-19)24-21(27)18-9-6-14-29-18/h5-11,14-15H,3-4,12-13H2,1-2H3,(H,24,27). The number of hydrogen-bond donors (Lipinski definition) is 1. The second kappa shape index (κ2) is 10.6. The first-order chi connectivity index (χ1) is 14.5. The molecule has 0 aliphatic carbocycles. The van der Waals surface area contributed by atoms with E-state index in [9.17, 15) is 9.59 Å². The molecule has 0 bridgehead atoms. The van der Waals surface area contributed by atoms with Gasteiger partial charge in [0.05, 0.1) is 16.1 Å². The predicted molar refractivity (Wildman–Crippen MR) is 125 cm³/mol. The number of halogens is 1. The number of nitrogens with zero attached hydrogens (tertiary/aromatic N) is 2. The molecule has 2 amide bonds. The summed E-state index contributed by atoms with van der Waals surface area (Å²) in [7, 11) is 0. The minimum absolute atomic E-state index is 0.0937. The van der Waals surface area contributed by atoms with Gasteiger partial charge in [0, 0.05) is 23.2 Å². The van der Waals surface area contributed by atoms with Crippen molar-refractivity contribution in [1.82, 2.24) is 4.90 Å². The summed E-state index contributed by atoms with van der Waals surface area (Å²) in [6, 6.07) is 14.5. The van der Waals surface area contributed by atoms with Gasteiger partial charge in [-0.05, 0) is 55.6 Å². The van der Waals surface area contributed by atoms with Crippen molar-refractivity contribution in [2.75, 3.05) is 36.4 Å². The SMILES string of the molecule is CCN(CC)CCN(C(=O)c1ccc(NC(=O)c2ccco2)s1)c1cccc(Br)c1. The maximum absolute atomic E-state index is 13.3. The predicted octanol–water partition coefficient (Wildman–Crippen LogP) is 5.34. The molecule has 30 heavy (non-hydrogen) atoms. The first-order valence-electron chi connectivity index (χ1n) is 9.76. The molecule has 6 nitrogen and oxygen atoms in total. The van der Waals surface area contributed by atoms with Crippen LogP contribution < -0.4 is 10.2 Å². The fourth-order valence-electron chi connectivity index (χ4n) is 3.01. The van der Waals surface area contributed by atoms with Crippen molar-refractivity contribution in [1.29, 1.82) is 0 Å². The van der Waals surface area contributed by atoms with Crippen LogP contribution in [0.3, 0.4) is 0 Å². The van der Waals surface area contributed by atoms with E-state index in [0.29, 0.717) is 16.4 Å². The summed E-state index contributed by atoms with van der Waals surface area (Å²) < 4.78 is 6.03. The largest absolute Gasteiger partial charge is 0.459 e. The smallest absolute Gasteiger partial charge is 0.291 e. The highest BCUT2D eigenvalue weighted by atomic mass is 79.9. The second-order valence-corrected chi connectivity index (χ2v) is 8.56. The van der Waals surface area contributed by atoms with Crippen LogP contribution in [0, 0.1) is 0 Å². The number of amides is 2. The third-order valence-electron chi connectivity index (χ3n) is 4.70.